The van der Waals surface area contributed by atoms with Gasteiger partial charge in [0, 0.05) is 37.4 Å². The van der Waals surface area contributed by atoms with Gasteiger partial charge in [0.25, 0.3) is 0 Å². The summed E-state index contributed by atoms with van der Waals surface area (Å²) < 4.78 is 6.09. The fraction of sp³-hybridized carbons (Fsp3) is 0.600. The summed E-state index contributed by atoms with van der Waals surface area (Å²) in [5.41, 5.74) is 2.02. The third kappa shape index (κ3) is 4.74. The molecule has 114 valence electrons. The summed E-state index contributed by atoms with van der Waals surface area (Å²) in [4.78, 5) is 2.12. The van der Waals surface area contributed by atoms with E-state index in [4.69, 9.17) is 4.74 Å². The van der Waals surface area contributed by atoms with Crippen molar-refractivity contribution in [3.8, 4) is 0 Å². The van der Waals surface area contributed by atoms with Gasteiger partial charge in [-0.2, -0.15) is 0 Å². The highest BCUT2D eigenvalue weighted by atomic mass is 79.9. The summed E-state index contributed by atoms with van der Waals surface area (Å²) in [7, 11) is 3.71. The van der Waals surface area contributed by atoms with Gasteiger partial charge in [0.1, 0.15) is 0 Å². The van der Waals surface area contributed by atoms with Crippen LogP contribution in [-0.4, -0.2) is 44.6 Å². The molecule has 0 aromatic heterocycles. The summed E-state index contributed by atoms with van der Waals surface area (Å²) in [6.07, 6.45) is 0. The molecule has 0 radical (unpaired) electrons. The number of hydrogen-bond donors (Lipinski definition) is 2. The molecule has 0 bridgehead atoms. The molecule has 4 nitrogen and oxygen atoms in total. The molecule has 0 heterocycles. The van der Waals surface area contributed by atoms with E-state index < -0.39 is 0 Å². The number of likely N-dealkylation sites (N-methyl/N-ethyl adjacent to an activating group) is 1. The van der Waals surface area contributed by atoms with Gasteiger partial charge in [-0.3, -0.25) is 0 Å². The van der Waals surface area contributed by atoms with Crippen LogP contribution in [0.5, 0.6) is 0 Å². The topological polar surface area (TPSA) is 44.7 Å². The third-order valence-electron chi connectivity index (χ3n) is 3.50. The number of ether oxygens (including phenoxy) is 1. The lowest BCUT2D eigenvalue weighted by Gasteiger charge is -2.37. The molecule has 1 rings (SSSR count). The largest absolute Gasteiger partial charge is 0.394 e. The summed E-state index contributed by atoms with van der Waals surface area (Å²) >= 11 is 3.52. The summed E-state index contributed by atoms with van der Waals surface area (Å²) in [5.74, 6) is 0. The molecular formula is C15H25BrN2O2. The highest BCUT2D eigenvalue weighted by Crippen LogP contribution is 2.28. The van der Waals surface area contributed by atoms with Gasteiger partial charge in [0.15, 0.2) is 0 Å². The predicted octanol–water partition coefficient (Wildman–Crippen LogP) is 2.39. The number of halogens is 1. The van der Waals surface area contributed by atoms with E-state index in [0.717, 1.165) is 23.2 Å². The molecule has 20 heavy (non-hydrogen) atoms. The molecule has 0 saturated carbocycles. The zero-order valence-electron chi connectivity index (χ0n) is 12.7. The Morgan fingerprint density at radius 1 is 1.40 bits per heavy atom. The zero-order valence-corrected chi connectivity index (χ0v) is 14.3. The average Bonchev–Trinajstić information content (AvgIpc) is 2.43. The number of benzene rings is 1. The quantitative estimate of drug-likeness (QED) is 0.710. The maximum absolute atomic E-state index is 9.53. The van der Waals surface area contributed by atoms with Gasteiger partial charge in [-0.25, -0.2) is 0 Å². The Morgan fingerprint density at radius 3 is 2.70 bits per heavy atom. The number of aliphatic hydroxyl groups is 1. The summed E-state index contributed by atoms with van der Waals surface area (Å²) in [5, 5.41) is 12.9. The number of rotatable bonds is 8. The van der Waals surface area contributed by atoms with Crippen LogP contribution in [0.15, 0.2) is 22.7 Å². The molecule has 0 saturated heterocycles. The molecule has 0 aliphatic heterocycles. The minimum Gasteiger partial charge on any atom is -0.394 e. The minimum absolute atomic E-state index is 0.107. The molecule has 0 fully saturated rings. The van der Waals surface area contributed by atoms with Crippen LogP contribution in [0.4, 0.5) is 5.69 Å². The average molecular weight is 345 g/mol. The minimum atomic E-state index is -0.297. The normalized spacial score (nSPS) is 11.7. The second-order valence-corrected chi connectivity index (χ2v) is 6.39. The number of aliphatic hydroxyl groups excluding tert-OH is 1. The molecule has 0 unspecified atom stereocenters. The van der Waals surface area contributed by atoms with Crippen LogP contribution in [0.25, 0.3) is 0 Å². The van der Waals surface area contributed by atoms with Crippen molar-refractivity contribution in [2.24, 2.45) is 0 Å². The van der Waals surface area contributed by atoms with E-state index in [2.05, 4.69) is 38.3 Å². The molecule has 0 aliphatic carbocycles. The molecule has 0 spiro atoms. The van der Waals surface area contributed by atoms with Crippen molar-refractivity contribution in [2.45, 2.75) is 25.9 Å². The molecule has 0 amide bonds. The van der Waals surface area contributed by atoms with Crippen molar-refractivity contribution in [1.29, 1.82) is 0 Å². The highest BCUT2D eigenvalue weighted by molar-refractivity contribution is 9.10. The zero-order chi connectivity index (χ0) is 15.2. The predicted molar refractivity (Wildman–Crippen MR) is 87.3 cm³/mol. The standard InChI is InChI=1S/C15H25BrN2O2/c1-15(2,11-19)18(3)14-6-5-13(16)9-12(14)10-17-7-8-20-4/h5-6,9,17,19H,7-8,10-11H2,1-4H3. The Morgan fingerprint density at radius 2 is 2.10 bits per heavy atom. The first-order chi connectivity index (χ1) is 9.42. The summed E-state index contributed by atoms with van der Waals surface area (Å²) in [6, 6.07) is 6.21. The van der Waals surface area contributed by atoms with Crippen LogP contribution in [0.1, 0.15) is 19.4 Å². The monoisotopic (exact) mass is 344 g/mol. The molecule has 0 atom stereocenters. The summed E-state index contributed by atoms with van der Waals surface area (Å²) in [6.45, 7) is 6.44. The fourth-order valence-corrected chi connectivity index (χ4v) is 2.26. The van der Waals surface area contributed by atoms with E-state index in [0.29, 0.717) is 6.61 Å². The first kappa shape index (κ1) is 17.4. The van der Waals surface area contributed by atoms with Crippen LogP contribution in [0.3, 0.4) is 0 Å². The van der Waals surface area contributed by atoms with E-state index in [1.807, 2.05) is 27.0 Å². The number of hydrogen-bond acceptors (Lipinski definition) is 4. The Hall–Kier alpha value is -0.620. The van der Waals surface area contributed by atoms with Crippen LogP contribution in [0.2, 0.25) is 0 Å². The van der Waals surface area contributed by atoms with Crippen molar-refractivity contribution in [3.05, 3.63) is 28.2 Å². The Bertz CT molecular complexity index is 424. The number of methoxy groups -OCH3 is 1. The van der Waals surface area contributed by atoms with E-state index in [9.17, 15) is 5.11 Å². The molecule has 1 aromatic rings. The number of nitrogens with one attached hydrogen (secondary N) is 1. The molecule has 0 aliphatic rings. The van der Waals surface area contributed by atoms with Gasteiger partial charge < -0.3 is 20.1 Å². The second-order valence-electron chi connectivity index (χ2n) is 5.47. The Labute approximate surface area is 130 Å². The van der Waals surface area contributed by atoms with Gasteiger partial charge in [-0.1, -0.05) is 15.9 Å². The third-order valence-corrected chi connectivity index (χ3v) is 3.99. The van der Waals surface area contributed by atoms with Crippen molar-refractivity contribution < 1.29 is 9.84 Å². The lowest BCUT2D eigenvalue weighted by molar-refractivity contribution is 0.199. The lowest BCUT2D eigenvalue weighted by Crippen LogP contribution is -2.45. The Balaban J connectivity index is 2.89. The molecule has 1 aromatic carbocycles. The second kappa shape index (κ2) is 7.98. The number of anilines is 1. The number of nitrogens with zero attached hydrogens (tertiary/aromatic N) is 1. The van der Waals surface area contributed by atoms with Crippen LogP contribution >= 0.6 is 15.9 Å². The van der Waals surface area contributed by atoms with Crippen LogP contribution in [0, 0.1) is 0 Å². The van der Waals surface area contributed by atoms with Gasteiger partial charge in [-0.05, 0) is 37.6 Å². The lowest BCUT2D eigenvalue weighted by atomic mass is 10.0. The molecular weight excluding hydrogens is 320 g/mol. The van der Waals surface area contributed by atoms with Gasteiger partial charge in [0.2, 0.25) is 0 Å². The van der Waals surface area contributed by atoms with E-state index >= 15 is 0 Å². The smallest absolute Gasteiger partial charge is 0.0658 e. The van der Waals surface area contributed by atoms with Crippen molar-refractivity contribution in [3.63, 3.8) is 0 Å². The van der Waals surface area contributed by atoms with Gasteiger partial charge >= 0.3 is 0 Å². The van der Waals surface area contributed by atoms with Crippen molar-refractivity contribution in [2.75, 3.05) is 38.8 Å². The molecule has 5 heteroatoms. The van der Waals surface area contributed by atoms with Crippen LogP contribution < -0.4 is 10.2 Å². The van der Waals surface area contributed by atoms with E-state index in [1.54, 1.807) is 7.11 Å². The van der Waals surface area contributed by atoms with Crippen LogP contribution in [-0.2, 0) is 11.3 Å². The first-order valence-corrected chi connectivity index (χ1v) is 7.54. The van der Waals surface area contributed by atoms with E-state index in [-0.39, 0.29) is 12.1 Å². The Kier molecular flexibility index (Phi) is 6.95. The van der Waals surface area contributed by atoms with Crippen molar-refractivity contribution >= 4 is 21.6 Å². The fourth-order valence-electron chi connectivity index (χ4n) is 1.85. The SMILES string of the molecule is COCCNCc1cc(Br)ccc1N(C)C(C)(C)CO. The van der Waals surface area contributed by atoms with Crippen molar-refractivity contribution in [1.82, 2.24) is 5.32 Å². The van der Waals surface area contributed by atoms with Gasteiger partial charge in [-0.15, -0.1) is 0 Å². The van der Waals surface area contributed by atoms with Gasteiger partial charge in [0.05, 0.1) is 18.8 Å². The first-order valence-electron chi connectivity index (χ1n) is 6.75. The van der Waals surface area contributed by atoms with E-state index in [1.165, 1.54) is 5.56 Å². The highest BCUT2D eigenvalue weighted by Gasteiger charge is 2.24. The molecule has 2 N–H and O–H groups in total. The maximum atomic E-state index is 9.53. The maximum Gasteiger partial charge on any atom is 0.0658 e.